The zero-order chi connectivity index (χ0) is 29.1. The number of methoxy groups -OCH3 is 1. The first-order valence-electron chi connectivity index (χ1n) is 14.6. The van der Waals surface area contributed by atoms with Crippen molar-refractivity contribution in [2.24, 2.45) is 0 Å². The summed E-state index contributed by atoms with van der Waals surface area (Å²) >= 11 is 2.09. The minimum absolute atomic E-state index is 0.0156. The Morgan fingerprint density at radius 2 is 1.85 bits per heavy atom. The zero-order valence-electron chi connectivity index (χ0n) is 23.7. The van der Waals surface area contributed by atoms with Gasteiger partial charge in [0.15, 0.2) is 11.5 Å². The maximum atomic E-state index is 13.7. The van der Waals surface area contributed by atoms with E-state index in [9.17, 15) is 24.9 Å². The second-order valence-corrected chi connectivity index (χ2v) is 11.8. The van der Waals surface area contributed by atoms with Crippen LogP contribution in [0.15, 0.2) is 23.8 Å². The molecule has 2 amide bonds. The summed E-state index contributed by atoms with van der Waals surface area (Å²) in [6, 6.07) is 2.84. The van der Waals surface area contributed by atoms with Gasteiger partial charge >= 0.3 is 0 Å². The smallest absolute Gasteiger partial charge is 0.247 e. The van der Waals surface area contributed by atoms with E-state index in [0.29, 0.717) is 32.6 Å². The molecule has 1 saturated carbocycles. The number of aliphatic hydroxyl groups is 3. The molecule has 0 aliphatic heterocycles. The minimum Gasteiger partial charge on any atom is -0.493 e. The van der Waals surface area contributed by atoms with Crippen LogP contribution in [0.5, 0.6) is 11.5 Å². The van der Waals surface area contributed by atoms with Gasteiger partial charge in [-0.2, -0.15) is 0 Å². The van der Waals surface area contributed by atoms with Crippen LogP contribution < -0.4 is 14.8 Å². The van der Waals surface area contributed by atoms with Crippen LogP contribution in [0.1, 0.15) is 83.1 Å². The molecule has 9 nitrogen and oxygen atoms in total. The lowest BCUT2D eigenvalue weighted by Crippen LogP contribution is -2.57. The third kappa shape index (κ3) is 8.56. The molecule has 1 fully saturated rings. The number of amides is 2. The molecular formula is C30H45IN2O7. The first-order chi connectivity index (χ1) is 19.3. The molecule has 3 atom stereocenters. The molecule has 1 aromatic rings. The van der Waals surface area contributed by atoms with Crippen molar-refractivity contribution < 1.29 is 34.4 Å². The van der Waals surface area contributed by atoms with Crippen LogP contribution in [-0.4, -0.2) is 76.6 Å². The molecule has 2 aliphatic carbocycles. The van der Waals surface area contributed by atoms with Gasteiger partial charge in [-0.15, -0.1) is 0 Å². The number of halogens is 1. The fourth-order valence-electron chi connectivity index (χ4n) is 5.71. The molecule has 224 valence electrons. The largest absolute Gasteiger partial charge is 0.493 e. The number of unbranched alkanes of at least 4 members (excludes halogenated alkanes) is 4. The van der Waals surface area contributed by atoms with E-state index in [1.54, 1.807) is 18.2 Å². The maximum Gasteiger partial charge on any atom is 0.247 e. The number of nitrogens with zero attached hydrogens (tertiary/aromatic N) is 1. The second kappa shape index (κ2) is 16.5. The average molecular weight is 673 g/mol. The lowest BCUT2D eigenvalue weighted by molar-refractivity contribution is -0.142. The van der Waals surface area contributed by atoms with Crippen LogP contribution in [0, 0.1) is 3.57 Å². The summed E-state index contributed by atoms with van der Waals surface area (Å²) in [5.41, 5.74) is 1.07. The number of rotatable bonds is 15. The Kier molecular flexibility index (Phi) is 13.5. The van der Waals surface area contributed by atoms with Gasteiger partial charge in [-0.25, -0.2) is 0 Å². The lowest BCUT2D eigenvalue weighted by Gasteiger charge is -2.43. The van der Waals surface area contributed by atoms with Gasteiger partial charge in [-0.3, -0.25) is 9.59 Å². The molecule has 2 aliphatic rings. The van der Waals surface area contributed by atoms with Crippen LogP contribution >= 0.6 is 22.6 Å². The fourth-order valence-corrected chi connectivity index (χ4v) is 6.51. The topological polar surface area (TPSA) is 129 Å². The maximum absolute atomic E-state index is 13.7. The summed E-state index contributed by atoms with van der Waals surface area (Å²) in [7, 11) is 1.50. The van der Waals surface area contributed by atoms with E-state index < -0.39 is 18.2 Å². The van der Waals surface area contributed by atoms with Crippen molar-refractivity contribution in [1.82, 2.24) is 10.2 Å². The van der Waals surface area contributed by atoms with E-state index in [4.69, 9.17) is 9.47 Å². The molecule has 0 spiro atoms. The summed E-state index contributed by atoms with van der Waals surface area (Å²) in [6.07, 6.45) is 9.23. The third-order valence-corrected chi connectivity index (χ3v) is 8.60. The highest BCUT2D eigenvalue weighted by Crippen LogP contribution is 2.38. The van der Waals surface area contributed by atoms with Crippen molar-refractivity contribution in [2.75, 3.05) is 20.3 Å². The summed E-state index contributed by atoms with van der Waals surface area (Å²) in [6.45, 7) is 1.91. The van der Waals surface area contributed by atoms with Gasteiger partial charge in [0.05, 0.1) is 29.9 Å². The number of hydrogen-bond acceptors (Lipinski definition) is 7. The molecule has 0 saturated heterocycles. The summed E-state index contributed by atoms with van der Waals surface area (Å²) < 4.78 is 12.6. The quantitative estimate of drug-likeness (QED) is 0.165. The van der Waals surface area contributed by atoms with Gasteiger partial charge in [0.1, 0.15) is 12.2 Å². The molecule has 0 radical (unpaired) electrons. The minimum atomic E-state index is -1.07. The highest BCUT2D eigenvalue weighted by atomic mass is 127. The predicted octanol–water partition coefficient (Wildman–Crippen LogP) is 3.84. The highest BCUT2D eigenvalue weighted by Gasteiger charge is 2.43. The molecule has 0 aromatic heterocycles. The van der Waals surface area contributed by atoms with Gasteiger partial charge in [0.25, 0.3) is 0 Å². The Labute approximate surface area is 251 Å². The van der Waals surface area contributed by atoms with Crippen molar-refractivity contribution in [3.8, 4) is 11.5 Å². The van der Waals surface area contributed by atoms with E-state index in [1.165, 1.54) is 7.11 Å². The van der Waals surface area contributed by atoms with Gasteiger partial charge in [0, 0.05) is 31.0 Å². The molecule has 3 unspecified atom stereocenters. The molecule has 40 heavy (non-hydrogen) atoms. The number of hydrogen-bond donors (Lipinski definition) is 4. The number of ether oxygens (including phenoxy) is 2. The van der Waals surface area contributed by atoms with E-state index in [-0.39, 0.29) is 44.0 Å². The fraction of sp³-hybridized carbons (Fsp3) is 0.667. The Hall–Kier alpha value is -1.89. The van der Waals surface area contributed by atoms with Crippen LogP contribution in [0.2, 0.25) is 0 Å². The van der Waals surface area contributed by atoms with Crippen LogP contribution in [0.25, 0.3) is 0 Å². The molecule has 10 heteroatoms. The lowest BCUT2D eigenvalue weighted by atomic mass is 9.87. The predicted molar refractivity (Wildman–Crippen MR) is 161 cm³/mol. The first-order valence-corrected chi connectivity index (χ1v) is 15.6. The molecule has 1 aromatic carbocycles. The molecule has 4 N–H and O–H groups in total. The number of carbonyl (C=O) groups is 2. The Bertz CT molecular complexity index is 1010. The average Bonchev–Trinajstić information content (AvgIpc) is 3.48. The van der Waals surface area contributed by atoms with Gasteiger partial charge in [-0.05, 0) is 65.6 Å². The van der Waals surface area contributed by atoms with Crippen molar-refractivity contribution >= 4 is 34.4 Å². The first kappa shape index (κ1) is 32.6. The second-order valence-electron chi connectivity index (χ2n) is 10.7. The molecule has 0 bridgehead atoms. The van der Waals surface area contributed by atoms with Crippen molar-refractivity contribution in [1.29, 1.82) is 0 Å². The van der Waals surface area contributed by atoms with Crippen LogP contribution in [-0.2, 0) is 16.2 Å². The number of aliphatic hydroxyl groups excluding tert-OH is 3. The number of nitrogens with one attached hydrogen (secondary N) is 1. The molecule has 3 rings (SSSR count). The summed E-state index contributed by atoms with van der Waals surface area (Å²) in [5, 5.41) is 33.3. The zero-order valence-corrected chi connectivity index (χ0v) is 25.9. The van der Waals surface area contributed by atoms with E-state index >= 15 is 0 Å². The van der Waals surface area contributed by atoms with E-state index in [0.717, 1.165) is 57.8 Å². The van der Waals surface area contributed by atoms with Crippen LogP contribution in [0.4, 0.5) is 0 Å². The van der Waals surface area contributed by atoms with Gasteiger partial charge < -0.3 is 35.0 Å². The van der Waals surface area contributed by atoms with E-state index in [2.05, 4.69) is 34.8 Å². The summed E-state index contributed by atoms with van der Waals surface area (Å²) in [4.78, 5) is 28.7. The van der Waals surface area contributed by atoms with Crippen molar-refractivity contribution in [2.45, 2.75) is 108 Å². The van der Waals surface area contributed by atoms with Crippen LogP contribution in [0.3, 0.4) is 0 Å². The Morgan fingerprint density at radius 1 is 1.12 bits per heavy atom. The molecular weight excluding hydrogens is 627 g/mol. The standard InChI is InChI=1S/C30H45IN2O7/c1-3-4-5-6-7-12-27(36)33(22-10-8-9-11-22)24-17-21(30(38)32-13-14-34)18-25(28(24)37)40-29-23(31)15-20(19-35)16-26(29)39-2/h15-16,18,22,24-25,28,34-35,37H,3-14,17,19H2,1-2H3,(H,32,38). The van der Waals surface area contributed by atoms with Gasteiger partial charge in [0.2, 0.25) is 11.8 Å². The Balaban J connectivity index is 1.93. The molecule has 0 heterocycles. The van der Waals surface area contributed by atoms with Crippen molar-refractivity contribution in [3.05, 3.63) is 32.9 Å². The van der Waals surface area contributed by atoms with E-state index in [1.807, 2.05) is 4.90 Å². The van der Waals surface area contributed by atoms with Crippen molar-refractivity contribution in [3.63, 3.8) is 0 Å². The number of benzene rings is 1. The normalized spacial score (nSPS) is 21.1. The number of carbonyl (C=O) groups excluding carboxylic acids is 2. The monoisotopic (exact) mass is 672 g/mol. The highest BCUT2D eigenvalue weighted by molar-refractivity contribution is 14.1. The Morgan fingerprint density at radius 3 is 2.50 bits per heavy atom. The summed E-state index contributed by atoms with van der Waals surface area (Å²) in [5.74, 6) is 0.463. The third-order valence-electron chi connectivity index (χ3n) is 7.80. The van der Waals surface area contributed by atoms with Gasteiger partial charge in [-0.1, -0.05) is 45.4 Å². The SMILES string of the molecule is CCCCCCCC(=O)N(C1CCCC1)C1CC(C(=O)NCCO)=CC(Oc2c(I)cc(CO)cc2OC)C1O.